The van der Waals surface area contributed by atoms with Crippen LogP contribution in [0.1, 0.15) is 44.9 Å². The number of piperidine rings is 1. The van der Waals surface area contributed by atoms with E-state index in [2.05, 4.69) is 38.5 Å². The minimum Gasteiger partial charge on any atom is -0.382 e. The van der Waals surface area contributed by atoms with Gasteiger partial charge >= 0.3 is 0 Å². The van der Waals surface area contributed by atoms with Crippen molar-refractivity contribution in [3.63, 3.8) is 0 Å². The Balaban J connectivity index is 1.69. The number of hydrogen-bond donors (Lipinski definition) is 1. The molecule has 1 aliphatic rings. The van der Waals surface area contributed by atoms with Gasteiger partial charge in [0.1, 0.15) is 12.6 Å². The smallest absolute Gasteiger partial charge is 0.168 e. The first-order valence-corrected chi connectivity index (χ1v) is 10.9. The van der Waals surface area contributed by atoms with Crippen molar-refractivity contribution in [3.8, 4) is 0 Å². The van der Waals surface area contributed by atoms with E-state index in [1.807, 2.05) is 12.4 Å². The zero-order valence-electron chi connectivity index (χ0n) is 17.7. The molecule has 8 heteroatoms. The van der Waals surface area contributed by atoms with Gasteiger partial charge in [0.2, 0.25) is 0 Å². The summed E-state index contributed by atoms with van der Waals surface area (Å²) in [5, 5.41) is 4.33. The topological polar surface area (TPSA) is 54.8 Å². The molecule has 28 heavy (non-hydrogen) atoms. The normalized spacial score (nSPS) is 15.4. The predicted molar refractivity (Wildman–Crippen MR) is 117 cm³/mol. The molecule has 1 saturated heterocycles. The molecule has 2 rings (SSSR count). The van der Waals surface area contributed by atoms with Gasteiger partial charge in [0.25, 0.3) is 0 Å². The van der Waals surface area contributed by atoms with E-state index in [1.165, 1.54) is 0 Å². The van der Waals surface area contributed by atoms with Crippen LogP contribution in [0.25, 0.3) is 0 Å². The molecule has 1 aromatic heterocycles. The SMILES string of the molecule is CCN(CC)CCCNC(=S)N1CCC(c2nccn2COCCOC)CC1. The van der Waals surface area contributed by atoms with Crippen LogP contribution >= 0.6 is 12.2 Å². The summed E-state index contributed by atoms with van der Waals surface area (Å²) in [6, 6.07) is 0. The predicted octanol–water partition coefficient (Wildman–Crippen LogP) is 2.29. The van der Waals surface area contributed by atoms with Gasteiger partial charge in [0.05, 0.1) is 13.2 Å². The second kappa shape index (κ2) is 13.1. The molecular formula is C20H37N5O2S. The Bertz CT molecular complexity index is 557. The van der Waals surface area contributed by atoms with Crippen LogP contribution in [0.2, 0.25) is 0 Å². The first-order valence-electron chi connectivity index (χ1n) is 10.5. The average molecular weight is 412 g/mol. The lowest BCUT2D eigenvalue weighted by Gasteiger charge is -2.33. The van der Waals surface area contributed by atoms with E-state index in [0.717, 1.165) is 69.5 Å². The fourth-order valence-electron chi connectivity index (χ4n) is 3.59. The number of imidazole rings is 1. The zero-order valence-corrected chi connectivity index (χ0v) is 18.5. The summed E-state index contributed by atoms with van der Waals surface area (Å²) < 4.78 is 12.8. The average Bonchev–Trinajstić information content (AvgIpc) is 3.20. The van der Waals surface area contributed by atoms with E-state index in [9.17, 15) is 0 Å². The maximum absolute atomic E-state index is 5.65. The Hall–Kier alpha value is -1.22. The summed E-state index contributed by atoms with van der Waals surface area (Å²) in [5.41, 5.74) is 0. The minimum absolute atomic E-state index is 0.461. The molecule has 0 spiro atoms. The summed E-state index contributed by atoms with van der Waals surface area (Å²) in [5.74, 6) is 1.58. The Kier molecular flexibility index (Phi) is 10.8. The summed E-state index contributed by atoms with van der Waals surface area (Å²) >= 11 is 5.60. The Morgan fingerprint density at radius 2 is 2.04 bits per heavy atom. The number of rotatable bonds is 12. The third-order valence-corrected chi connectivity index (χ3v) is 5.78. The number of aromatic nitrogens is 2. The second-order valence-corrected chi connectivity index (χ2v) is 7.55. The monoisotopic (exact) mass is 411 g/mol. The number of ether oxygens (including phenoxy) is 2. The Morgan fingerprint density at radius 1 is 1.29 bits per heavy atom. The summed E-state index contributed by atoms with van der Waals surface area (Å²) in [4.78, 5) is 9.32. The maximum atomic E-state index is 5.65. The highest BCUT2D eigenvalue weighted by Gasteiger charge is 2.25. The van der Waals surface area contributed by atoms with Crippen molar-refractivity contribution in [1.29, 1.82) is 0 Å². The van der Waals surface area contributed by atoms with Crippen molar-refractivity contribution in [2.45, 2.75) is 45.8 Å². The standard InChI is InChI=1S/C20H37N5O2S/c1-4-23(5-2)11-6-9-22-20(28)24-12-7-18(8-13-24)19-21-10-14-25(19)17-27-16-15-26-3/h10,14,18H,4-9,11-13,15-17H2,1-3H3,(H,22,28). The fraction of sp³-hybridized carbons (Fsp3) is 0.800. The molecule has 0 aromatic carbocycles. The van der Waals surface area contributed by atoms with E-state index < -0.39 is 0 Å². The molecule has 0 saturated carbocycles. The lowest BCUT2D eigenvalue weighted by atomic mass is 9.96. The molecular weight excluding hydrogens is 374 g/mol. The van der Waals surface area contributed by atoms with E-state index >= 15 is 0 Å². The van der Waals surface area contributed by atoms with E-state index in [-0.39, 0.29) is 0 Å². The molecule has 1 fully saturated rings. The number of nitrogens with one attached hydrogen (secondary N) is 1. The lowest BCUT2D eigenvalue weighted by Crippen LogP contribution is -2.44. The van der Waals surface area contributed by atoms with Gasteiger partial charge < -0.3 is 29.2 Å². The van der Waals surface area contributed by atoms with Crippen LogP contribution in [0.15, 0.2) is 12.4 Å². The van der Waals surface area contributed by atoms with Crippen LogP contribution in [-0.2, 0) is 16.2 Å². The van der Waals surface area contributed by atoms with Gasteiger partial charge in [-0.15, -0.1) is 0 Å². The fourth-order valence-corrected chi connectivity index (χ4v) is 3.87. The number of thiocarbonyl (C=S) groups is 1. The highest BCUT2D eigenvalue weighted by molar-refractivity contribution is 7.80. The Morgan fingerprint density at radius 3 is 2.71 bits per heavy atom. The number of likely N-dealkylation sites (tertiary alicyclic amines) is 1. The van der Waals surface area contributed by atoms with Crippen molar-refractivity contribution in [3.05, 3.63) is 18.2 Å². The molecule has 0 atom stereocenters. The third-order valence-electron chi connectivity index (χ3n) is 5.38. The number of methoxy groups -OCH3 is 1. The molecule has 1 aromatic rings. The van der Waals surface area contributed by atoms with Crippen molar-refractivity contribution in [2.24, 2.45) is 0 Å². The lowest BCUT2D eigenvalue weighted by molar-refractivity contribution is 0.0321. The molecule has 0 amide bonds. The molecule has 0 unspecified atom stereocenters. The van der Waals surface area contributed by atoms with Gasteiger partial charge in [-0.3, -0.25) is 0 Å². The zero-order chi connectivity index (χ0) is 20.2. The molecule has 0 radical (unpaired) electrons. The third kappa shape index (κ3) is 7.31. The number of hydrogen-bond acceptors (Lipinski definition) is 5. The van der Waals surface area contributed by atoms with Crippen LogP contribution in [0.5, 0.6) is 0 Å². The molecule has 0 aliphatic carbocycles. The molecule has 160 valence electrons. The van der Waals surface area contributed by atoms with Crippen molar-refractivity contribution in [1.82, 2.24) is 24.7 Å². The van der Waals surface area contributed by atoms with Crippen LogP contribution in [0.3, 0.4) is 0 Å². The van der Waals surface area contributed by atoms with Gasteiger partial charge in [-0.1, -0.05) is 13.8 Å². The van der Waals surface area contributed by atoms with Crippen molar-refractivity contribution >= 4 is 17.3 Å². The maximum Gasteiger partial charge on any atom is 0.168 e. The largest absolute Gasteiger partial charge is 0.382 e. The summed E-state index contributed by atoms with van der Waals surface area (Å²) in [7, 11) is 1.68. The molecule has 0 bridgehead atoms. The van der Waals surface area contributed by atoms with Gasteiger partial charge in [0.15, 0.2) is 5.11 Å². The van der Waals surface area contributed by atoms with Crippen LogP contribution in [-0.4, -0.2) is 84.1 Å². The van der Waals surface area contributed by atoms with E-state index in [4.69, 9.17) is 21.7 Å². The molecule has 2 heterocycles. The summed E-state index contributed by atoms with van der Waals surface area (Å²) in [6.45, 7) is 12.4. The quantitative estimate of drug-likeness (QED) is 0.418. The van der Waals surface area contributed by atoms with E-state index in [0.29, 0.717) is 25.9 Å². The first-order chi connectivity index (χ1) is 13.7. The molecule has 1 N–H and O–H groups in total. The molecule has 7 nitrogen and oxygen atoms in total. The van der Waals surface area contributed by atoms with Crippen LogP contribution < -0.4 is 5.32 Å². The second-order valence-electron chi connectivity index (χ2n) is 7.16. The van der Waals surface area contributed by atoms with Crippen LogP contribution in [0, 0.1) is 0 Å². The van der Waals surface area contributed by atoms with Crippen molar-refractivity contribution < 1.29 is 9.47 Å². The first kappa shape index (κ1) is 23.1. The van der Waals surface area contributed by atoms with Gasteiger partial charge in [0, 0.05) is 45.1 Å². The van der Waals surface area contributed by atoms with Gasteiger partial charge in [-0.25, -0.2) is 4.98 Å². The van der Waals surface area contributed by atoms with Gasteiger partial charge in [-0.2, -0.15) is 0 Å². The highest BCUT2D eigenvalue weighted by Crippen LogP contribution is 2.27. The minimum atomic E-state index is 0.461. The van der Waals surface area contributed by atoms with Crippen LogP contribution in [0.4, 0.5) is 0 Å². The van der Waals surface area contributed by atoms with E-state index in [1.54, 1.807) is 7.11 Å². The highest BCUT2D eigenvalue weighted by atomic mass is 32.1. The van der Waals surface area contributed by atoms with Crippen molar-refractivity contribution in [2.75, 3.05) is 59.6 Å². The Labute approximate surface area is 175 Å². The summed E-state index contributed by atoms with van der Waals surface area (Å²) in [6.07, 6.45) is 7.12. The number of nitrogens with zero attached hydrogens (tertiary/aromatic N) is 4. The molecule has 1 aliphatic heterocycles. The van der Waals surface area contributed by atoms with Gasteiger partial charge in [-0.05, 0) is 51.1 Å².